The van der Waals surface area contributed by atoms with E-state index in [2.05, 4.69) is 5.32 Å². The Balaban J connectivity index is 2.19. The quantitative estimate of drug-likeness (QED) is 0.842. The standard InChI is InChI=1S/C13H14N2O2/c1-9-4-3-5-11(10(9)2)15-12(16)13(6-14)7-17-8-13/h3-5H,7-8H2,1-2H3,(H,15,16). The van der Waals surface area contributed by atoms with Gasteiger partial charge in [-0.25, -0.2) is 0 Å². The second-order valence-electron chi connectivity index (χ2n) is 4.39. The first-order valence-electron chi connectivity index (χ1n) is 5.46. The molecular weight excluding hydrogens is 216 g/mol. The smallest absolute Gasteiger partial charge is 0.249 e. The number of nitrogens with zero attached hydrogens (tertiary/aromatic N) is 1. The number of carbonyl (C=O) groups is 1. The third kappa shape index (κ3) is 1.90. The van der Waals surface area contributed by atoms with Crippen LogP contribution < -0.4 is 5.32 Å². The van der Waals surface area contributed by atoms with Crippen LogP contribution in [-0.4, -0.2) is 19.1 Å². The SMILES string of the molecule is Cc1cccc(NC(=O)C2(C#N)COC2)c1C. The molecule has 4 heteroatoms. The van der Waals surface area contributed by atoms with Gasteiger partial charge in [-0.05, 0) is 31.0 Å². The Labute approximate surface area is 100 Å². The van der Waals surface area contributed by atoms with Gasteiger partial charge in [-0.1, -0.05) is 12.1 Å². The Hall–Kier alpha value is -1.86. The maximum atomic E-state index is 12.0. The highest BCUT2D eigenvalue weighted by Gasteiger charge is 2.46. The highest BCUT2D eigenvalue weighted by Crippen LogP contribution is 2.29. The lowest BCUT2D eigenvalue weighted by molar-refractivity contribution is -0.144. The normalized spacial score (nSPS) is 16.8. The lowest BCUT2D eigenvalue weighted by Crippen LogP contribution is -2.50. The van der Waals surface area contributed by atoms with E-state index >= 15 is 0 Å². The van der Waals surface area contributed by atoms with Crippen LogP contribution in [0.5, 0.6) is 0 Å². The number of carbonyl (C=O) groups excluding carboxylic acids is 1. The summed E-state index contributed by atoms with van der Waals surface area (Å²) in [5.74, 6) is -0.278. The van der Waals surface area contributed by atoms with Gasteiger partial charge < -0.3 is 10.1 Å². The summed E-state index contributed by atoms with van der Waals surface area (Å²) < 4.78 is 4.96. The van der Waals surface area contributed by atoms with Gasteiger partial charge in [0.05, 0.1) is 19.3 Å². The number of ether oxygens (including phenoxy) is 1. The molecule has 17 heavy (non-hydrogen) atoms. The number of rotatable bonds is 2. The molecule has 1 aliphatic heterocycles. The topological polar surface area (TPSA) is 62.1 Å². The number of anilines is 1. The molecule has 1 heterocycles. The average molecular weight is 230 g/mol. The first kappa shape index (κ1) is 11.6. The van der Waals surface area contributed by atoms with Crippen molar-refractivity contribution in [3.05, 3.63) is 29.3 Å². The van der Waals surface area contributed by atoms with Crippen molar-refractivity contribution in [3.63, 3.8) is 0 Å². The number of nitriles is 1. The van der Waals surface area contributed by atoms with Gasteiger partial charge in [-0.3, -0.25) is 4.79 Å². The van der Waals surface area contributed by atoms with Crippen LogP contribution in [0.3, 0.4) is 0 Å². The molecule has 1 amide bonds. The van der Waals surface area contributed by atoms with Gasteiger partial charge in [0.25, 0.3) is 0 Å². The fourth-order valence-electron chi connectivity index (χ4n) is 1.68. The third-order valence-electron chi connectivity index (χ3n) is 3.20. The Morgan fingerprint density at radius 3 is 2.71 bits per heavy atom. The summed E-state index contributed by atoms with van der Waals surface area (Å²) in [6, 6.07) is 7.74. The van der Waals surface area contributed by atoms with E-state index in [-0.39, 0.29) is 19.1 Å². The predicted molar refractivity (Wildman–Crippen MR) is 63.4 cm³/mol. The van der Waals surface area contributed by atoms with E-state index in [1.54, 1.807) is 0 Å². The van der Waals surface area contributed by atoms with Crippen LogP contribution in [0, 0.1) is 30.6 Å². The lowest BCUT2D eigenvalue weighted by Gasteiger charge is -2.33. The van der Waals surface area contributed by atoms with E-state index in [9.17, 15) is 4.79 Å². The number of nitrogens with one attached hydrogen (secondary N) is 1. The summed E-state index contributed by atoms with van der Waals surface area (Å²) in [6.07, 6.45) is 0. The van der Waals surface area contributed by atoms with Gasteiger partial charge in [-0.15, -0.1) is 0 Å². The first-order valence-corrected chi connectivity index (χ1v) is 5.46. The molecular formula is C13H14N2O2. The molecule has 88 valence electrons. The van der Waals surface area contributed by atoms with Crippen molar-refractivity contribution in [2.45, 2.75) is 13.8 Å². The summed E-state index contributed by atoms with van der Waals surface area (Å²) in [7, 11) is 0. The van der Waals surface area contributed by atoms with Crippen molar-refractivity contribution in [1.29, 1.82) is 5.26 Å². The molecule has 0 spiro atoms. The van der Waals surface area contributed by atoms with Crippen molar-refractivity contribution in [3.8, 4) is 6.07 Å². The molecule has 1 aromatic rings. The van der Waals surface area contributed by atoms with Crippen LogP contribution in [-0.2, 0) is 9.53 Å². The van der Waals surface area contributed by atoms with Crippen molar-refractivity contribution < 1.29 is 9.53 Å². The Bertz CT molecular complexity index is 499. The largest absolute Gasteiger partial charge is 0.377 e. The van der Waals surface area contributed by atoms with Crippen LogP contribution in [0.2, 0.25) is 0 Å². The fourth-order valence-corrected chi connectivity index (χ4v) is 1.68. The van der Waals surface area contributed by atoms with Gasteiger partial charge in [0.15, 0.2) is 5.41 Å². The van der Waals surface area contributed by atoms with Gasteiger partial charge in [-0.2, -0.15) is 5.26 Å². The van der Waals surface area contributed by atoms with Crippen molar-refractivity contribution in [2.24, 2.45) is 5.41 Å². The maximum Gasteiger partial charge on any atom is 0.249 e. The minimum absolute atomic E-state index is 0.181. The van der Waals surface area contributed by atoms with Crippen molar-refractivity contribution in [1.82, 2.24) is 0 Å². The molecule has 2 rings (SSSR count). The number of benzene rings is 1. The fraction of sp³-hybridized carbons (Fsp3) is 0.385. The molecule has 0 radical (unpaired) electrons. The Morgan fingerprint density at radius 1 is 1.47 bits per heavy atom. The van der Waals surface area contributed by atoms with Gasteiger partial charge in [0.1, 0.15) is 0 Å². The monoisotopic (exact) mass is 230 g/mol. The van der Waals surface area contributed by atoms with Crippen LogP contribution in [0.15, 0.2) is 18.2 Å². The molecule has 1 N–H and O–H groups in total. The second-order valence-corrected chi connectivity index (χ2v) is 4.39. The molecule has 0 unspecified atom stereocenters. The zero-order chi connectivity index (χ0) is 12.5. The number of hydrogen-bond acceptors (Lipinski definition) is 3. The molecule has 0 aromatic heterocycles. The highest BCUT2D eigenvalue weighted by atomic mass is 16.5. The van der Waals surface area contributed by atoms with E-state index in [0.29, 0.717) is 0 Å². The zero-order valence-electron chi connectivity index (χ0n) is 9.91. The molecule has 1 aliphatic rings. The molecule has 0 aliphatic carbocycles. The average Bonchev–Trinajstić information content (AvgIpc) is 2.24. The summed E-state index contributed by atoms with van der Waals surface area (Å²) >= 11 is 0. The third-order valence-corrected chi connectivity index (χ3v) is 3.20. The van der Waals surface area contributed by atoms with Gasteiger partial charge >= 0.3 is 0 Å². The summed E-state index contributed by atoms with van der Waals surface area (Å²) in [4.78, 5) is 12.0. The minimum atomic E-state index is -1.00. The molecule has 0 bridgehead atoms. The summed E-state index contributed by atoms with van der Waals surface area (Å²) in [5, 5.41) is 11.8. The predicted octanol–water partition coefficient (Wildman–Crippen LogP) is 1.78. The van der Waals surface area contributed by atoms with Crippen LogP contribution in [0.25, 0.3) is 0 Å². The lowest BCUT2D eigenvalue weighted by atomic mass is 9.86. The molecule has 0 saturated carbocycles. The highest BCUT2D eigenvalue weighted by molar-refractivity contribution is 5.98. The van der Waals surface area contributed by atoms with Crippen molar-refractivity contribution >= 4 is 11.6 Å². The summed E-state index contributed by atoms with van der Waals surface area (Å²) in [6.45, 7) is 4.29. The zero-order valence-corrected chi connectivity index (χ0v) is 9.91. The number of aryl methyl sites for hydroxylation is 1. The maximum absolute atomic E-state index is 12.0. The molecule has 1 aromatic carbocycles. The van der Waals surface area contributed by atoms with E-state index in [1.165, 1.54) is 0 Å². The number of amides is 1. The molecule has 1 saturated heterocycles. The van der Waals surface area contributed by atoms with Crippen LogP contribution in [0.4, 0.5) is 5.69 Å². The number of hydrogen-bond donors (Lipinski definition) is 1. The van der Waals surface area contributed by atoms with Crippen LogP contribution in [0.1, 0.15) is 11.1 Å². The molecule has 1 fully saturated rings. The van der Waals surface area contributed by atoms with E-state index < -0.39 is 5.41 Å². The minimum Gasteiger partial charge on any atom is -0.377 e. The van der Waals surface area contributed by atoms with Gasteiger partial charge in [0, 0.05) is 5.69 Å². The van der Waals surface area contributed by atoms with E-state index in [0.717, 1.165) is 16.8 Å². The van der Waals surface area contributed by atoms with E-state index in [1.807, 2.05) is 38.1 Å². The van der Waals surface area contributed by atoms with E-state index in [4.69, 9.17) is 10.00 Å². The van der Waals surface area contributed by atoms with Gasteiger partial charge in [0.2, 0.25) is 5.91 Å². The summed E-state index contributed by atoms with van der Waals surface area (Å²) in [5.41, 5.74) is 1.89. The Morgan fingerprint density at radius 2 is 2.18 bits per heavy atom. The van der Waals surface area contributed by atoms with Crippen molar-refractivity contribution in [2.75, 3.05) is 18.5 Å². The Kier molecular flexibility index (Phi) is 2.86. The van der Waals surface area contributed by atoms with Crippen LogP contribution >= 0.6 is 0 Å². The molecule has 0 atom stereocenters. The second kappa shape index (κ2) is 4.19. The first-order chi connectivity index (χ1) is 8.09. The molecule has 4 nitrogen and oxygen atoms in total.